The molecule has 0 fully saturated rings. The van der Waals surface area contributed by atoms with Crippen molar-refractivity contribution >= 4 is 28.8 Å². The van der Waals surface area contributed by atoms with E-state index in [9.17, 15) is 10.1 Å². The zero-order valence-electron chi connectivity index (χ0n) is 8.90. The number of nitro groups is 1. The summed E-state index contributed by atoms with van der Waals surface area (Å²) < 4.78 is 0. The van der Waals surface area contributed by atoms with Crippen LogP contribution in [-0.4, -0.2) is 23.5 Å². The Labute approximate surface area is 97.7 Å². The Morgan fingerprint density at radius 3 is 2.69 bits per heavy atom. The largest absolute Gasteiger partial charge is 0.384 e. The van der Waals surface area contributed by atoms with E-state index in [2.05, 4.69) is 10.7 Å². The molecule has 4 N–H and O–H groups in total. The lowest BCUT2D eigenvalue weighted by atomic mass is 10.2. The lowest BCUT2D eigenvalue weighted by molar-refractivity contribution is -0.384. The standard InChI is InChI=1S/C9H14N4O2S/c1-16-3-2-11-7-4-8(12-10)6-9(5-7)13(14)15/h4-6,11-12H,2-3,10H2,1H3. The van der Waals surface area contributed by atoms with Crippen molar-refractivity contribution in [2.75, 3.05) is 29.3 Å². The minimum atomic E-state index is -0.444. The van der Waals surface area contributed by atoms with Gasteiger partial charge in [0, 0.05) is 30.1 Å². The summed E-state index contributed by atoms with van der Waals surface area (Å²) in [6, 6.07) is 4.61. The summed E-state index contributed by atoms with van der Waals surface area (Å²) in [6.45, 7) is 0.756. The van der Waals surface area contributed by atoms with Gasteiger partial charge in [0.25, 0.3) is 5.69 Å². The fraction of sp³-hybridized carbons (Fsp3) is 0.333. The molecule has 1 aromatic carbocycles. The molecule has 0 unspecified atom stereocenters. The van der Waals surface area contributed by atoms with Gasteiger partial charge in [0.15, 0.2) is 0 Å². The van der Waals surface area contributed by atoms with Crippen molar-refractivity contribution in [2.24, 2.45) is 5.84 Å². The third-order valence-corrected chi connectivity index (χ3v) is 2.54. The Hall–Kier alpha value is -1.47. The smallest absolute Gasteiger partial charge is 0.273 e. The fourth-order valence-electron chi connectivity index (χ4n) is 1.20. The first-order chi connectivity index (χ1) is 7.67. The molecule has 0 aliphatic rings. The number of non-ortho nitro benzene ring substituents is 1. The normalized spacial score (nSPS) is 9.88. The summed E-state index contributed by atoms with van der Waals surface area (Å²) in [6.07, 6.45) is 2.00. The second-order valence-corrected chi connectivity index (χ2v) is 4.08. The van der Waals surface area contributed by atoms with Crippen molar-refractivity contribution in [1.29, 1.82) is 0 Å². The van der Waals surface area contributed by atoms with Crippen LogP contribution in [0.15, 0.2) is 18.2 Å². The van der Waals surface area contributed by atoms with Gasteiger partial charge in [-0.15, -0.1) is 0 Å². The predicted molar refractivity (Wildman–Crippen MR) is 67.8 cm³/mol. The van der Waals surface area contributed by atoms with Gasteiger partial charge in [0.05, 0.1) is 10.6 Å². The molecule has 0 saturated carbocycles. The van der Waals surface area contributed by atoms with Gasteiger partial charge in [0.1, 0.15) is 0 Å². The van der Waals surface area contributed by atoms with Gasteiger partial charge in [-0.1, -0.05) is 0 Å². The van der Waals surface area contributed by atoms with E-state index in [4.69, 9.17) is 5.84 Å². The summed E-state index contributed by atoms with van der Waals surface area (Å²) in [4.78, 5) is 10.2. The average molecular weight is 242 g/mol. The highest BCUT2D eigenvalue weighted by Gasteiger charge is 2.08. The minimum absolute atomic E-state index is 0.0158. The van der Waals surface area contributed by atoms with Gasteiger partial charge in [0.2, 0.25) is 0 Å². The van der Waals surface area contributed by atoms with Crippen LogP contribution in [0.25, 0.3) is 0 Å². The molecule has 0 radical (unpaired) electrons. The third kappa shape index (κ3) is 3.59. The molecule has 7 heteroatoms. The van der Waals surface area contributed by atoms with E-state index in [0.717, 1.165) is 12.3 Å². The second-order valence-electron chi connectivity index (χ2n) is 3.09. The molecule has 1 aromatic rings. The SMILES string of the molecule is CSCCNc1cc(NN)cc([N+](=O)[O-])c1. The number of benzene rings is 1. The molecule has 0 bridgehead atoms. The molecule has 88 valence electrons. The number of nitrogens with two attached hydrogens (primary N) is 1. The van der Waals surface area contributed by atoms with E-state index in [1.165, 1.54) is 12.1 Å². The summed E-state index contributed by atoms with van der Waals surface area (Å²) in [5.74, 6) is 6.18. The molecular weight excluding hydrogens is 228 g/mol. The van der Waals surface area contributed by atoms with E-state index < -0.39 is 4.92 Å². The first-order valence-corrected chi connectivity index (χ1v) is 6.05. The first-order valence-electron chi connectivity index (χ1n) is 4.66. The fourth-order valence-corrected chi connectivity index (χ4v) is 1.51. The van der Waals surface area contributed by atoms with E-state index >= 15 is 0 Å². The summed E-state index contributed by atoms with van der Waals surface area (Å²) in [5, 5.41) is 13.8. The highest BCUT2D eigenvalue weighted by atomic mass is 32.2. The molecule has 0 saturated heterocycles. The van der Waals surface area contributed by atoms with Crippen LogP contribution in [0.5, 0.6) is 0 Å². The second kappa shape index (κ2) is 6.19. The van der Waals surface area contributed by atoms with Gasteiger partial charge in [-0.25, -0.2) is 0 Å². The van der Waals surface area contributed by atoms with Gasteiger partial charge in [-0.2, -0.15) is 11.8 Å². The maximum atomic E-state index is 10.7. The van der Waals surface area contributed by atoms with Crippen molar-refractivity contribution in [1.82, 2.24) is 0 Å². The minimum Gasteiger partial charge on any atom is -0.384 e. The lowest BCUT2D eigenvalue weighted by Gasteiger charge is -2.07. The summed E-state index contributed by atoms with van der Waals surface area (Å²) in [7, 11) is 0. The monoisotopic (exact) mass is 242 g/mol. The van der Waals surface area contributed by atoms with Gasteiger partial charge in [-0.05, 0) is 12.3 Å². The molecule has 0 heterocycles. The Morgan fingerprint density at radius 1 is 1.44 bits per heavy atom. The first kappa shape index (κ1) is 12.6. The van der Waals surface area contributed by atoms with Gasteiger partial charge < -0.3 is 10.7 Å². The number of hydrogen-bond donors (Lipinski definition) is 3. The topological polar surface area (TPSA) is 93.2 Å². The number of thioether (sulfide) groups is 1. The predicted octanol–water partition coefficient (Wildman–Crippen LogP) is 1.66. The van der Waals surface area contributed by atoms with E-state index in [1.807, 2.05) is 6.26 Å². The molecular formula is C9H14N4O2S. The van der Waals surface area contributed by atoms with Gasteiger partial charge >= 0.3 is 0 Å². The molecule has 0 spiro atoms. The maximum absolute atomic E-state index is 10.7. The van der Waals surface area contributed by atoms with Crippen LogP contribution in [0, 0.1) is 10.1 Å². The average Bonchev–Trinajstić information content (AvgIpc) is 2.29. The van der Waals surface area contributed by atoms with Crippen molar-refractivity contribution in [3.05, 3.63) is 28.3 Å². The Bertz CT molecular complexity index is 373. The van der Waals surface area contributed by atoms with Crippen molar-refractivity contribution in [2.45, 2.75) is 0 Å². The quantitative estimate of drug-likeness (QED) is 0.304. The van der Waals surface area contributed by atoms with E-state index in [1.54, 1.807) is 17.8 Å². The highest BCUT2D eigenvalue weighted by molar-refractivity contribution is 7.98. The van der Waals surface area contributed by atoms with Crippen LogP contribution >= 0.6 is 11.8 Å². The molecule has 6 nitrogen and oxygen atoms in total. The van der Waals surface area contributed by atoms with Crippen LogP contribution in [0.2, 0.25) is 0 Å². The number of nitrogens with one attached hydrogen (secondary N) is 2. The van der Waals surface area contributed by atoms with Crippen molar-refractivity contribution < 1.29 is 4.92 Å². The van der Waals surface area contributed by atoms with Crippen LogP contribution in [0.3, 0.4) is 0 Å². The molecule has 1 rings (SSSR count). The van der Waals surface area contributed by atoms with Crippen LogP contribution in [0.1, 0.15) is 0 Å². The number of hydrogen-bond acceptors (Lipinski definition) is 6. The van der Waals surface area contributed by atoms with Crippen LogP contribution < -0.4 is 16.6 Å². The molecule has 0 amide bonds. The third-order valence-electron chi connectivity index (χ3n) is 1.93. The highest BCUT2D eigenvalue weighted by Crippen LogP contribution is 2.23. The number of anilines is 2. The Kier molecular flexibility index (Phi) is 4.87. The van der Waals surface area contributed by atoms with E-state index in [0.29, 0.717) is 11.4 Å². The zero-order chi connectivity index (χ0) is 12.0. The number of hydrazine groups is 1. The number of rotatable bonds is 6. The Morgan fingerprint density at radius 2 is 2.12 bits per heavy atom. The molecule has 0 aliphatic carbocycles. The van der Waals surface area contributed by atoms with Crippen LogP contribution in [0.4, 0.5) is 17.1 Å². The maximum Gasteiger partial charge on any atom is 0.273 e. The zero-order valence-corrected chi connectivity index (χ0v) is 9.71. The van der Waals surface area contributed by atoms with Gasteiger partial charge in [-0.3, -0.25) is 16.0 Å². The van der Waals surface area contributed by atoms with Crippen molar-refractivity contribution in [3.8, 4) is 0 Å². The molecule has 0 aliphatic heterocycles. The summed E-state index contributed by atoms with van der Waals surface area (Å²) >= 11 is 1.70. The van der Waals surface area contributed by atoms with Crippen LogP contribution in [-0.2, 0) is 0 Å². The molecule has 16 heavy (non-hydrogen) atoms. The van der Waals surface area contributed by atoms with E-state index in [-0.39, 0.29) is 5.69 Å². The number of nitrogen functional groups attached to an aromatic ring is 1. The van der Waals surface area contributed by atoms with Crippen molar-refractivity contribution in [3.63, 3.8) is 0 Å². The Balaban J connectivity index is 2.82. The molecule has 0 atom stereocenters. The molecule has 0 aromatic heterocycles. The lowest BCUT2D eigenvalue weighted by Crippen LogP contribution is -2.09. The number of nitrogens with zero attached hydrogens (tertiary/aromatic N) is 1. The summed E-state index contributed by atoms with van der Waals surface area (Å²) in [5.41, 5.74) is 3.62. The number of nitro benzene ring substituents is 1.